The molecule has 2 N–H and O–H groups in total. The summed E-state index contributed by atoms with van der Waals surface area (Å²) in [5, 5.41) is 9.26. The molecular formula is C25H23N3O4. The van der Waals surface area contributed by atoms with Crippen molar-refractivity contribution in [3.05, 3.63) is 116 Å². The van der Waals surface area contributed by atoms with Crippen LogP contribution in [0.25, 0.3) is 10.9 Å². The zero-order valence-corrected chi connectivity index (χ0v) is 17.6. The fraction of sp³-hybridized carbons (Fsp3) is 0.160. The highest BCUT2D eigenvalue weighted by atomic mass is 16.5. The van der Waals surface area contributed by atoms with E-state index in [1.165, 1.54) is 4.57 Å². The molecule has 1 unspecified atom stereocenters. The van der Waals surface area contributed by atoms with Gasteiger partial charge >= 0.3 is 5.69 Å². The highest BCUT2D eigenvalue weighted by Crippen LogP contribution is 2.15. The Bertz CT molecular complexity index is 1370. The maximum Gasteiger partial charge on any atom is 0.332 e. The Labute approximate surface area is 184 Å². The van der Waals surface area contributed by atoms with E-state index in [1.807, 2.05) is 37.3 Å². The number of carbonyl (C=O) groups excluding carboxylic acids is 1. The second-order valence-electron chi connectivity index (χ2n) is 7.74. The van der Waals surface area contributed by atoms with E-state index in [0.717, 1.165) is 11.1 Å². The van der Waals surface area contributed by atoms with Gasteiger partial charge in [0.2, 0.25) is 0 Å². The van der Waals surface area contributed by atoms with E-state index in [2.05, 4.69) is 0 Å². The van der Waals surface area contributed by atoms with E-state index in [-0.39, 0.29) is 23.8 Å². The zero-order chi connectivity index (χ0) is 22.7. The fourth-order valence-corrected chi connectivity index (χ4v) is 3.94. The molecule has 1 atom stereocenters. The molecule has 1 heterocycles. The molecule has 1 aromatic heterocycles. The molecule has 0 radical (unpaired) electrons. The summed E-state index contributed by atoms with van der Waals surface area (Å²) in [7, 11) is 0. The van der Waals surface area contributed by atoms with Gasteiger partial charge in [-0.15, -0.1) is 0 Å². The highest BCUT2D eigenvalue weighted by Gasteiger charge is 2.18. The summed E-state index contributed by atoms with van der Waals surface area (Å²) in [5.74, 6) is -0.609. The molecule has 4 rings (SSSR count). The Kier molecular flexibility index (Phi) is 6.00. The van der Waals surface area contributed by atoms with Gasteiger partial charge in [-0.25, -0.2) is 10.3 Å². The van der Waals surface area contributed by atoms with E-state index >= 15 is 0 Å². The Morgan fingerprint density at radius 1 is 0.906 bits per heavy atom. The molecule has 0 saturated heterocycles. The highest BCUT2D eigenvalue weighted by molar-refractivity contribution is 5.93. The van der Waals surface area contributed by atoms with Crippen LogP contribution in [0.3, 0.4) is 0 Å². The van der Waals surface area contributed by atoms with Crippen molar-refractivity contribution in [2.45, 2.75) is 25.9 Å². The van der Waals surface area contributed by atoms with Gasteiger partial charge in [0.05, 0.1) is 17.4 Å². The second-order valence-corrected chi connectivity index (χ2v) is 7.74. The first-order valence-corrected chi connectivity index (χ1v) is 10.3. The number of aromatic nitrogens is 2. The maximum absolute atomic E-state index is 13.5. The average Bonchev–Trinajstić information content (AvgIpc) is 2.82. The van der Waals surface area contributed by atoms with Crippen LogP contribution in [-0.4, -0.2) is 20.2 Å². The van der Waals surface area contributed by atoms with Crippen molar-refractivity contribution in [1.82, 2.24) is 14.6 Å². The Morgan fingerprint density at radius 3 is 2.25 bits per heavy atom. The third kappa shape index (κ3) is 4.10. The summed E-state index contributed by atoms with van der Waals surface area (Å²) in [4.78, 5) is 38.3. The summed E-state index contributed by atoms with van der Waals surface area (Å²) >= 11 is 0. The average molecular weight is 429 g/mol. The minimum absolute atomic E-state index is 0.235. The summed E-state index contributed by atoms with van der Waals surface area (Å²) in [6, 6.07) is 23.1. The van der Waals surface area contributed by atoms with Crippen molar-refractivity contribution in [1.29, 1.82) is 0 Å². The third-order valence-electron chi connectivity index (χ3n) is 5.55. The molecular weight excluding hydrogens is 406 g/mol. The van der Waals surface area contributed by atoms with E-state index in [9.17, 15) is 14.4 Å². The summed E-state index contributed by atoms with van der Waals surface area (Å²) in [5.41, 5.74) is 3.60. The van der Waals surface area contributed by atoms with Crippen LogP contribution in [0.1, 0.15) is 34.5 Å². The van der Waals surface area contributed by atoms with Gasteiger partial charge in [0.1, 0.15) is 0 Å². The molecule has 162 valence electrons. The quantitative estimate of drug-likeness (QED) is 0.364. The lowest BCUT2D eigenvalue weighted by Crippen LogP contribution is -2.42. The zero-order valence-electron chi connectivity index (χ0n) is 17.6. The predicted octanol–water partition coefficient (Wildman–Crippen LogP) is 3.13. The van der Waals surface area contributed by atoms with Crippen LogP contribution < -0.4 is 16.7 Å². The molecule has 1 amide bonds. The normalized spacial score (nSPS) is 11.9. The number of hydroxylamine groups is 1. The van der Waals surface area contributed by atoms with Gasteiger partial charge in [0, 0.05) is 11.6 Å². The van der Waals surface area contributed by atoms with Crippen LogP contribution in [0.5, 0.6) is 0 Å². The summed E-state index contributed by atoms with van der Waals surface area (Å²) in [6.07, 6.45) is 0.555. The molecule has 0 aliphatic rings. The number of fused-ring (bicyclic) bond motifs is 1. The molecule has 0 aliphatic carbocycles. The van der Waals surface area contributed by atoms with E-state index in [0.29, 0.717) is 22.9 Å². The Hall–Kier alpha value is -3.97. The van der Waals surface area contributed by atoms with Crippen LogP contribution >= 0.6 is 0 Å². The van der Waals surface area contributed by atoms with E-state index in [4.69, 9.17) is 5.21 Å². The van der Waals surface area contributed by atoms with Crippen LogP contribution in [0.15, 0.2) is 88.5 Å². The van der Waals surface area contributed by atoms with Crippen molar-refractivity contribution < 1.29 is 10.0 Å². The molecule has 3 aromatic carbocycles. The van der Waals surface area contributed by atoms with E-state index < -0.39 is 5.91 Å². The van der Waals surface area contributed by atoms with Crippen molar-refractivity contribution in [2.24, 2.45) is 0 Å². The van der Waals surface area contributed by atoms with Gasteiger partial charge in [-0.2, -0.15) is 0 Å². The molecule has 0 aliphatic heterocycles. The van der Waals surface area contributed by atoms with Crippen molar-refractivity contribution in [3.8, 4) is 0 Å². The van der Waals surface area contributed by atoms with Crippen LogP contribution in [0.4, 0.5) is 0 Å². The predicted molar refractivity (Wildman–Crippen MR) is 122 cm³/mol. The lowest BCUT2D eigenvalue weighted by atomic mass is 10.1. The number of nitrogens with zero attached hydrogens (tertiary/aromatic N) is 2. The minimum atomic E-state index is -0.609. The lowest BCUT2D eigenvalue weighted by molar-refractivity contribution is 0.0706. The summed E-state index contributed by atoms with van der Waals surface area (Å²) < 4.78 is 2.91. The van der Waals surface area contributed by atoms with Gasteiger partial charge in [0.15, 0.2) is 0 Å². The largest absolute Gasteiger partial charge is 0.332 e. The molecule has 0 spiro atoms. The van der Waals surface area contributed by atoms with Crippen LogP contribution in [0, 0.1) is 0 Å². The Balaban J connectivity index is 1.79. The number of hydrogen-bond acceptors (Lipinski definition) is 4. The minimum Gasteiger partial charge on any atom is -0.289 e. The monoisotopic (exact) mass is 429 g/mol. The van der Waals surface area contributed by atoms with Crippen molar-refractivity contribution in [3.63, 3.8) is 0 Å². The molecule has 7 nitrogen and oxygen atoms in total. The SMILES string of the molecule is CC(Cc1ccccc1)n1c(=O)c2ccccc2n(Cc2ccc(C(=O)NO)cc2)c1=O. The van der Waals surface area contributed by atoms with Crippen LogP contribution in [0.2, 0.25) is 0 Å². The van der Waals surface area contributed by atoms with Gasteiger partial charge in [-0.3, -0.25) is 23.9 Å². The number of rotatable bonds is 6. The van der Waals surface area contributed by atoms with Gasteiger partial charge in [-0.1, -0.05) is 54.6 Å². The molecule has 0 saturated carbocycles. The van der Waals surface area contributed by atoms with Crippen molar-refractivity contribution >= 4 is 16.8 Å². The lowest BCUT2D eigenvalue weighted by Gasteiger charge is -2.19. The molecule has 7 heteroatoms. The van der Waals surface area contributed by atoms with Gasteiger partial charge < -0.3 is 0 Å². The number of hydrogen-bond donors (Lipinski definition) is 2. The number of para-hydroxylation sites is 1. The molecule has 0 bridgehead atoms. The van der Waals surface area contributed by atoms with Gasteiger partial charge in [-0.05, 0) is 48.7 Å². The number of benzene rings is 3. The smallest absolute Gasteiger partial charge is 0.289 e. The van der Waals surface area contributed by atoms with Crippen molar-refractivity contribution in [2.75, 3.05) is 0 Å². The first-order chi connectivity index (χ1) is 15.5. The Morgan fingerprint density at radius 2 is 1.56 bits per heavy atom. The molecule has 0 fully saturated rings. The second kappa shape index (κ2) is 9.03. The molecule has 4 aromatic rings. The summed E-state index contributed by atoms with van der Waals surface area (Å²) in [6.45, 7) is 2.11. The van der Waals surface area contributed by atoms with E-state index in [1.54, 1.807) is 58.6 Å². The number of amides is 1. The number of nitrogens with one attached hydrogen (secondary N) is 1. The fourth-order valence-electron chi connectivity index (χ4n) is 3.94. The molecule has 32 heavy (non-hydrogen) atoms. The number of carbonyl (C=O) groups is 1. The standard InChI is InChI=1S/C25H23N3O4/c1-17(15-18-7-3-2-4-8-18)28-24(30)21-9-5-6-10-22(21)27(25(28)31)16-19-11-13-20(14-12-19)23(29)26-32/h2-14,17,32H,15-16H2,1H3,(H,26,29). The van der Waals surface area contributed by atoms with Crippen LogP contribution in [-0.2, 0) is 13.0 Å². The third-order valence-corrected chi connectivity index (χ3v) is 5.55. The first kappa shape index (κ1) is 21.3. The topological polar surface area (TPSA) is 93.3 Å². The van der Waals surface area contributed by atoms with Gasteiger partial charge in [0.25, 0.3) is 11.5 Å². The maximum atomic E-state index is 13.5. The first-order valence-electron chi connectivity index (χ1n) is 10.3.